The van der Waals surface area contributed by atoms with Crippen molar-refractivity contribution in [3.8, 4) is 23.3 Å². The van der Waals surface area contributed by atoms with E-state index in [4.69, 9.17) is 19.7 Å². The lowest BCUT2D eigenvalue weighted by molar-refractivity contribution is 0.0697. The van der Waals surface area contributed by atoms with E-state index in [1.807, 2.05) is 18.4 Å². The molecule has 1 aliphatic heterocycles. The molecule has 1 saturated heterocycles. The van der Waals surface area contributed by atoms with E-state index >= 15 is 8.78 Å². The van der Waals surface area contributed by atoms with Gasteiger partial charge in [0.15, 0.2) is 0 Å². The lowest BCUT2D eigenvalue weighted by Crippen LogP contribution is -2.27. The number of imidazole rings is 1. The molecular formula is C33H27F2N5O4. The Balaban J connectivity index is 1.30. The molecule has 11 heteroatoms. The molecule has 1 N–H and O–H groups in total. The monoisotopic (exact) mass is 595 g/mol. The van der Waals surface area contributed by atoms with Gasteiger partial charge in [0.05, 0.1) is 53.2 Å². The number of ether oxygens (including phenoxy) is 2. The van der Waals surface area contributed by atoms with E-state index in [1.165, 1.54) is 18.3 Å². The standard InChI is InChI=1S/C33H27F2N5O4/c1-33(2)18-43-17-29(33)40-28-12-21(31(41)42)7-8-27(28)38-30(40)13-22-11-25(35)23(14-24(22)34)26-9-10-37-32(39-26)44-16-20-5-3-19(15-36)4-6-20/h3-12,14,29H,13,16-18H2,1-2H3,(H,41,42)/t29-/m1/s1. The molecule has 3 aromatic carbocycles. The summed E-state index contributed by atoms with van der Waals surface area (Å²) in [5.74, 6) is -1.93. The maximum atomic E-state index is 15.6. The largest absolute Gasteiger partial charge is 0.478 e. The zero-order valence-corrected chi connectivity index (χ0v) is 23.9. The summed E-state index contributed by atoms with van der Waals surface area (Å²) in [5, 5.41) is 18.5. The summed E-state index contributed by atoms with van der Waals surface area (Å²) in [6.07, 6.45) is 1.37. The van der Waals surface area contributed by atoms with Gasteiger partial charge in [-0.1, -0.05) is 26.0 Å². The van der Waals surface area contributed by atoms with Gasteiger partial charge < -0.3 is 19.1 Å². The Morgan fingerprint density at radius 3 is 2.61 bits per heavy atom. The minimum Gasteiger partial charge on any atom is -0.478 e. The number of fused-ring (bicyclic) bond motifs is 1. The van der Waals surface area contributed by atoms with Gasteiger partial charge in [0, 0.05) is 23.6 Å². The maximum absolute atomic E-state index is 15.6. The lowest BCUT2D eigenvalue weighted by Gasteiger charge is -2.28. The third-order valence-corrected chi connectivity index (χ3v) is 7.82. The fraction of sp³-hybridized carbons (Fsp3) is 0.242. The van der Waals surface area contributed by atoms with Crippen molar-refractivity contribution in [1.29, 1.82) is 5.26 Å². The molecule has 1 fully saturated rings. The van der Waals surface area contributed by atoms with E-state index in [-0.39, 0.29) is 52.9 Å². The van der Waals surface area contributed by atoms with Crippen molar-refractivity contribution in [2.75, 3.05) is 13.2 Å². The van der Waals surface area contributed by atoms with E-state index in [0.717, 1.165) is 17.7 Å². The second kappa shape index (κ2) is 11.5. The Morgan fingerprint density at radius 2 is 1.91 bits per heavy atom. The quantitative estimate of drug-likeness (QED) is 0.228. The van der Waals surface area contributed by atoms with Crippen LogP contribution in [-0.4, -0.2) is 43.8 Å². The highest BCUT2D eigenvalue weighted by molar-refractivity contribution is 5.92. The van der Waals surface area contributed by atoms with Gasteiger partial charge in [0.2, 0.25) is 0 Å². The second-order valence-corrected chi connectivity index (χ2v) is 11.3. The highest BCUT2D eigenvalue weighted by Crippen LogP contribution is 2.40. The van der Waals surface area contributed by atoms with Crippen molar-refractivity contribution in [2.45, 2.75) is 32.9 Å². The SMILES string of the molecule is CC1(C)COC[C@H]1n1c(Cc2cc(F)c(-c3ccnc(OCc4ccc(C#N)cc4)n3)cc2F)nc2ccc(C(=O)O)cc21. The van der Waals surface area contributed by atoms with E-state index < -0.39 is 17.6 Å². The lowest BCUT2D eigenvalue weighted by atomic mass is 9.87. The number of carbonyl (C=O) groups is 1. The smallest absolute Gasteiger partial charge is 0.335 e. The molecule has 0 saturated carbocycles. The van der Waals surface area contributed by atoms with Gasteiger partial charge in [-0.3, -0.25) is 0 Å². The fourth-order valence-electron chi connectivity index (χ4n) is 5.40. The topological polar surface area (TPSA) is 123 Å². The molecule has 6 rings (SSSR count). The minimum atomic E-state index is -1.07. The zero-order valence-electron chi connectivity index (χ0n) is 23.9. The third-order valence-electron chi connectivity index (χ3n) is 7.82. The molecule has 5 aromatic rings. The van der Waals surface area contributed by atoms with Crippen LogP contribution in [0, 0.1) is 28.4 Å². The number of aromatic carboxylic acids is 1. The number of nitriles is 1. The summed E-state index contributed by atoms with van der Waals surface area (Å²) < 4.78 is 44.5. The van der Waals surface area contributed by atoms with Crippen LogP contribution in [0.2, 0.25) is 0 Å². The summed E-state index contributed by atoms with van der Waals surface area (Å²) in [4.78, 5) is 24.8. The molecule has 0 spiro atoms. The summed E-state index contributed by atoms with van der Waals surface area (Å²) in [6.45, 7) is 5.08. The Hall–Kier alpha value is -5.21. The number of aromatic nitrogens is 4. The van der Waals surface area contributed by atoms with E-state index in [1.54, 1.807) is 36.4 Å². The molecule has 0 amide bonds. The minimum absolute atomic E-state index is 0.00779. The number of carboxylic acids is 1. The first-order valence-electron chi connectivity index (χ1n) is 13.9. The van der Waals surface area contributed by atoms with Crippen LogP contribution in [0.4, 0.5) is 8.78 Å². The van der Waals surface area contributed by atoms with E-state index in [9.17, 15) is 9.90 Å². The number of hydrogen-bond donors (Lipinski definition) is 1. The molecule has 0 aliphatic carbocycles. The highest BCUT2D eigenvalue weighted by atomic mass is 19.1. The predicted molar refractivity (Wildman–Crippen MR) is 156 cm³/mol. The van der Waals surface area contributed by atoms with Crippen LogP contribution in [0.5, 0.6) is 6.01 Å². The van der Waals surface area contributed by atoms with Crippen LogP contribution in [0.3, 0.4) is 0 Å². The molecule has 2 aromatic heterocycles. The van der Waals surface area contributed by atoms with E-state index in [2.05, 4.69) is 16.0 Å². The average Bonchev–Trinajstić information content (AvgIpc) is 3.55. The highest BCUT2D eigenvalue weighted by Gasteiger charge is 2.39. The molecule has 9 nitrogen and oxygen atoms in total. The first kappa shape index (κ1) is 28.9. The molecule has 1 atom stereocenters. The van der Waals surface area contributed by atoms with Gasteiger partial charge in [-0.2, -0.15) is 10.2 Å². The Bertz CT molecular complexity index is 1930. The number of nitrogens with zero attached hydrogens (tertiary/aromatic N) is 5. The molecule has 1 aliphatic rings. The summed E-state index contributed by atoms with van der Waals surface area (Å²) in [7, 11) is 0. The Morgan fingerprint density at radius 1 is 1.11 bits per heavy atom. The molecule has 44 heavy (non-hydrogen) atoms. The number of carboxylic acid groups (broad SMARTS) is 1. The van der Waals surface area contributed by atoms with Gasteiger partial charge in [0.1, 0.15) is 24.1 Å². The molecule has 0 unspecified atom stereocenters. The van der Waals surface area contributed by atoms with Crippen LogP contribution >= 0.6 is 0 Å². The number of hydrogen-bond acceptors (Lipinski definition) is 7. The molecular weight excluding hydrogens is 568 g/mol. The van der Waals surface area contributed by atoms with Gasteiger partial charge >= 0.3 is 12.0 Å². The zero-order chi connectivity index (χ0) is 31.0. The molecule has 0 bridgehead atoms. The first-order valence-corrected chi connectivity index (χ1v) is 13.9. The van der Waals surface area contributed by atoms with E-state index in [0.29, 0.717) is 35.6 Å². The van der Waals surface area contributed by atoms with Crippen LogP contribution in [-0.2, 0) is 17.8 Å². The van der Waals surface area contributed by atoms with Gasteiger partial charge in [0.25, 0.3) is 0 Å². The van der Waals surface area contributed by atoms with Crippen LogP contribution in [0.1, 0.15) is 52.8 Å². The maximum Gasteiger partial charge on any atom is 0.335 e. The second-order valence-electron chi connectivity index (χ2n) is 11.3. The molecule has 222 valence electrons. The Labute approximate surface area is 251 Å². The van der Waals surface area contributed by atoms with Crippen LogP contribution in [0.15, 0.2) is 66.9 Å². The number of rotatable bonds is 8. The fourth-order valence-corrected chi connectivity index (χ4v) is 5.40. The molecule has 0 radical (unpaired) electrons. The van der Waals surface area contributed by atoms with Crippen molar-refractivity contribution in [3.05, 3.63) is 107 Å². The average molecular weight is 596 g/mol. The normalized spacial score (nSPS) is 15.8. The van der Waals surface area contributed by atoms with Gasteiger partial charge in [-0.05, 0) is 59.7 Å². The summed E-state index contributed by atoms with van der Waals surface area (Å²) >= 11 is 0. The summed E-state index contributed by atoms with van der Waals surface area (Å²) in [6, 6.07) is 17.0. The first-order chi connectivity index (χ1) is 21.1. The molecule has 3 heterocycles. The number of benzene rings is 3. The van der Waals surface area contributed by atoms with Crippen molar-refractivity contribution in [1.82, 2.24) is 19.5 Å². The van der Waals surface area contributed by atoms with Crippen LogP contribution in [0.25, 0.3) is 22.3 Å². The van der Waals surface area contributed by atoms with Crippen molar-refractivity contribution in [3.63, 3.8) is 0 Å². The Kier molecular flexibility index (Phi) is 7.53. The van der Waals surface area contributed by atoms with Gasteiger partial charge in [-0.25, -0.2) is 23.5 Å². The van der Waals surface area contributed by atoms with Crippen molar-refractivity contribution in [2.24, 2.45) is 5.41 Å². The van der Waals surface area contributed by atoms with Crippen molar-refractivity contribution < 1.29 is 28.2 Å². The summed E-state index contributed by atoms with van der Waals surface area (Å²) in [5.41, 5.74) is 2.44. The van der Waals surface area contributed by atoms with Crippen molar-refractivity contribution >= 4 is 17.0 Å². The third kappa shape index (κ3) is 5.59. The van der Waals surface area contributed by atoms with Gasteiger partial charge in [-0.15, -0.1) is 0 Å². The number of halogens is 2. The predicted octanol–water partition coefficient (Wildman–Crippen LogP) is 6.11. The van der Waals surface area contributed by atoms with Crippen LogP contribution < -0.4 is 4.74 Å².